The maximum atomic E-state index is 5.70. The Morgan fingerprint density at radius 2 is 1.90 bits per heavy atom. The zero-order valence-corrected chi connectivity index (χ0v) is 14.0. The summed E-state index contributed by atoms with van der Waals surface area (Å²) in [5.74, 6) is 1.49. The van der Waals surface area contributed by atoms with E-state index < -0.39 is 0 Å². The fourth-order valence-electron chi connectivity index (χ4n) is 2.08. The maximum absolute atomic E-state index is 5.70. The average Bonchev–Trinajstić information content (AvgIpc) is 2.50. The van der Waals surface area contributed by atoms with E-state index in [0.717, 1.165) is 17.9 Å². The monoisotopic (exact) mass is 309 g/mol. The van der Waals surface area contributed by atoms with Crippen molar-refractivity contribution in [2.75, 3.05) is 19.8 Å². The van der Waals surface area contributed by atoms with E-state index in [-0.39, 0.29) is 0 Å². The summed E-state index contributed by atoms with van der Waals surface area (Å²) in [7, 11) is 0. The van der Waals surface area contributed by atoms with Crippen molar-refractivity contribution in [1.29, 1.82) is 0 Å². The average molecular weight is 309 g/mol. The van der Waals surface area contributed by atoms with Gasteiger partial charge in [-0.2, -0.15) is 0 Å². The predicted octanol–water partition coefficient (Wildman–Crippen LogP) is 3.93. The van der Waals surface area contributed by atoms with Crippen LogP contribution in [0.1, 0.15) is 45.1 Å². The highest BCUT2D eigenvalue weighted by Crippen LogP contribution is 2.14. The largest absolute Gasteiger partial charge is 0.491 e. The van der Waals surface area contributed by atoms with Crippen molar-refractivity contribution in [3.8, 4) is 5.75 Å². The van der Waals surface area contributed by atoms with Gasteiger partial charge in [0.2, 0.25) is 0 Å². The van der Waals surface area contributed by atoms with Crippen molar-refractivity contribution >= 4 is 17.2 Å². The Bertz CT molecular complexity index is 406. The smallest absolute Gasteiger partial charge is 0.119 e. The first kappa shape index (κ1) is 17.9. The first-order valence-electron chi connectivity index (χ1n) is 7.77. The molecule has 0 amide bonds. The first-order valence-corrected chi connectivity index (χ1v) is 8.18. The van der Waals surface area contributed by atoms with Gasteiger partial charge in [0.05, 0.1) is 6.61 Å². The number of unbranched alkanes of at least 4 members (excludes halogenated alkanes) is 1. The van der Waals surface area contributed by atoms with Crippen LogP contribution in [0.3, 0.4) is 0 Å². The molecule has 21 heavy (non-hydrogen) atoms. The first-order chi connectivity index (χ1) is 10.2. The summed E-state index contributed by atoms with van der Waals surface area (Å²) in [6, 6.07) is 7.50. The van der Waals surface area contributed by atoms with E-state index >= 15 is 0 Å². The second-order valence-electron chi connectivity index (χ2n) is 5.23. The fourth-order valence-corrected chi connectivity index (χ4v) is 2.22. The van der Waals surface area contributed by atoms with Crippen LogP contribution in [-0.4, -0.2) is 24.8 Å². The van der Waals surface area contributed by atoms with Gasteiger partial charge in [-0.3, -0.25) is 0 Å². The van der Waals surface area contributed by atoms with Crippen LogP contribution in [0.15, 0.2) is 24.3 Å². The lowest BCUT2D eigenvalue weighted by atomic mass is 10.0. The van der Waals surface area contributed by atoms with Gasteiger partial charge in [-0.25, -0.2) is 0 Å². The lowest BCUT2D eigenvalue weighted by Crippen LogP contribution is -2.13. The predicted molar refractivity (Wildman–Crippen MR) is 91.9 cm³/mol. The Labute approximate surface area is 133 Å². The van der Waals surface area contributed by atoms with Gasteiger partial charge in [0.1, 0.15) is 17.3 Å². The lowest BCUT2D eigenvalue weighted by molar-refractivity contribution is 0.0699. The molecule has 0 saturated heterocycles. The zero-order valence-electron chi connectivity index (χ0n) is 13.1. The van der Waals surface area contributed by atoms with Crippen LogP contribution in [0, 0.1) is 5.92 Å². The normalized spacial score (nSPS) is 12.1. The number of thiocarbonyl (C=S) groups is 1. The second-order valence-corrected chi connectivity index (χ2v) is 5.67. The molecular formula is C17H27NO2S. The minimum Gasteiger partial charge on any atom is -0.491 e. The van der Waals surface area contributed by atoms with Gasteiger partial charge >= 0.3 is 0 Å². The van der Waals surface area contributed by atoms with Gasteiger partial charge in [0, 0.05) is 12.2 Å². The highest BCUT2D eigenvalue weighted by atomic mass is 32.1. The molecule has 1 rings (SSSR count). The molecule has 1 unspecified atom stereocenters. The van der Waals surface area contributed by atoms with Crippen molar-refractivity contribution in [3.05, 3.63) is 29.8 Å². The summed E-state index contributed by atoms with van der Waals surface area (Å²) in [4.78, 5) is 0.405. The Morgan fingerprint density at radius 3 is 2.48 bits per heavy atom. The highest BCUT2D eigenvalue weighted by Gasteiger charge is 2.05. The summed E-state index contributed by atoms with van der Waals surface area (Å²) < 4.78 is 11.3. The van der Waals surface area contributed by atoms with Crippen LogP contribution in [0.4, 0.5) is 0 Å². The van der Waals surface area contributed by atoms with E-state index in [1.165, 1.54) is 25.7 Å². The minimum atomic E-state index is 0.405. The molecule has 0 aliphatic rings. The lowest BCUT2D eigenvalue weighted by Gasteiger charge is -2.14. The van der Waals surface area contributed by atoms with E-state index in [2.05, 4.69) is 13.8 Å². The number of hydrogen-bond acceptors (Lipinski definition) is 3. The molecule has 1 atom stereocenters. The minimum absolute atomic E-state index is 0.405. The van der Waals surface area contributed by atoms with Gasteiger partial charge in [-0.1, -0.05) is 45.3 Å². The molecule has 1 aromatic carbocycles. The van der Waals surface area contributed by atoms with Crippen molar-refractivity contribution in [1.82, 2.24) is 0 Å². The van der Waals surface area contributed by atoms with Gasteiger partial charge in [0.25, 0.3) is 0 Å². The van der Waals surface area contributed by atoms with Crippen LogP contribution in [0.25, 0.3) is 0 Å². The number of nitrogens with two attached hydrogens (primary N) is 1. The summed E-state index contributed by atoms with van der Waals surface area (Å²) in [5.41, 5.74) is 6.41. The molecule has 0 radical (unpaired) electrons. The second kappa shape index (κ2) is 10.6. The number of rotatable bonds is 11. The molecule has 0 fully saturated rings. The molecular weight excluding hydrogens is 282 g/mol. The van der Waals surface area contributed by atoms with Crippen molar-refractivity contribution in [2.45, 2.75) is 39.5 Å². The van der Waals surface area contributed by atoms with Gasteiger partial charge in [0.15, 0.2) is 0 Å². The number of benzene rings is 1. The molecule has 3 nitrogen and oxygen atoms in total. The third-order valence-electron chi connectivity index (χ3n) is 3.53. The van der Waals surface area contributed by atoms with E-state index in [0.29, 0.717) is 24.1 Å². The Kier molecular flexibility index (Phi) is 9.02. The molecule has 0 aliphatic carbocycles. The van der Waals surface area contributed by atoms with Crippen molar-refractivity contribution in [2.24, 2.45) is 11.7 Å². The van der Waals surface area contributed by atoms with Crippen molar-refractivity contribution < 1.29 is 9.47 Å². The fraction of sp³-hybridized carbons (Fsp3) is 0.588. The Morgan fingerprint density at radius 1 is 1.19 bits per heavy atom. The third kappa shape index (κ3) is 7.44. The van der Waals surface area contributed by atoms with E-state index in [9.17, 15) is 0 Å². The summed E-state index contributed by atoms with van der Waals surface area (Å²) in [6.45, 7) is 6.48. The molecule has 0 aromatic heterocycles. The highest BCUT2D eigenvalue weighted by molar-refractivity contribution is 7.80. The number of hydrogen-bond donors (Lipinski definition) is 1. The van der Waals surface area contributed by atoms with E-state index in [1.54, 1.807) is 0 Å². The maximum Gasteiger partial charge on any atom is 0.119 e. The molecule has 118 valence electrons. The van der Waals surface area contributed by atoms with Gasteiger partial charge in [-0.05, 0) is 36.6 Å². The SMILES string of the molecule is CCCCC(CC)COCCOc1ccc(C(N)=S)cc1. The molecule has 0 bridgehead atoms. The van der Waals surface area contributed by atoms with Crippen LogP contribution in [0.2, 0.25) is 0 Å². The Hall–Kier alpha value is -1.13. The summed E-state index contributed by atoms with van der Waals surface area (Å²) >= 11 is 4.91. The van der Waals surface area contributed by atoms with E-state index in [1.807, 2.05) is 24.3 Å². The topological polar surface area (TPSA) is 44.5 Å². The van der Waals surface area contributed by atoms with Gasteiger partial charge in [-0.15, -0.1) is 0 Å². The Balaban J connectivity index is 2.17. The summed E-state index contributed by atoms with van der Waals surface area (Å²) in [5, 5.41) is 0. The van der Waals surface area contributed by atoms with Crippen LogP contribution < -0.4 is 10.5 Å². The van der Waals surface area contributed by atoms with Crippen LogP contribution in [0.5, 0.6) is 5.75 Å². The standard InChI is InChI=1S/C17H27NO2S/c1-3-5-6-14(4-2)13-19-11-12-20-16-9-7-15(8-10-16)17(18)21/h7-10,14H,3-6,11-13H2,1-2H3,(H2,18,21). The molecule has 2 N–H and O–H groups in total. The van der Waals surface area contributed by atoms with Crippen LogP contribution in [-0.2, 0) is 4.74 Å². The van der Waals surface area contributed by atoms with Crippen molar-refractivity contribution in [3.63, 3.8) is 0 Å². The molecule has 0 spiro atoms. The van der Waals surface area contributed by atoms with E-state index in [4.69, 9.17) is 27.4 Å². The zero-order chi connectivity index (χ0) is 15.5. The third-order valence-corrected chi connectivity index (χ3v) is 3.77. The molecule has 4 heteroatoms. The quantitative estimate of drug-likeness (QED) is 0.497. The van der Waals surface area contributed by atoms with Crippen LogP contribution >= 0.6 is 12.2 Å². The number of ether oxygens (including phenoxy) is 2. The summed E-state index contributed by atoms with van der Waals surface area (Å²) in [6.07, 6.45) is 4.98. The molecule has 1 aromatic rings. The molecule has 0 heterocycles. The van der Waals surface area contributed by atoms with Gasteiger partial charge < -0.3 is 15.2 Å². The molecule has 0 aliphatic heterocycles. The molecule has 0 saturated carbocycles.